The molecule has 0 spiro atoms. The average molecular weight is 492 g/mol. The normalized spacial score (nSPS) is 14.6. The van der Waals surface area contributed by atoms with Gasteiger partial charge in [0.2, 0.25) is 10.0 Å². The molecule has 0 saturated heterocycles. The van der Waals surface area contributed by atoms with E-state index < -0.39 is 15.8 Å². The van der Waals surface area contributed by atoms with Crippen molar-refractivity contribution in [1.29, 1.82) is 0 Å². The molecule has 6 nitrogen and oxygen atoms in total. The van der Waals surface area contributed by atoms with Gasteiger partial charge in [-0.05, 0) is 41.3 Å². The van der Waals surface area contributed by atoms with Crippen LogP contribution in [0.25, 0.3) is 0 Å². The molecule has 1 aliphatic rings. The number of fused-ring (bicyclic) bond motifs is 1. The first-order valence-corrected chi connectivity index (χ1v) is 12.6. The van der Waals surface area contributed by atoms with E-state index in [0.29, 0.717) is 40.1 Å². The van der Waals surface area contributed by atoms with E-state index >= 15 is 0 Å². The molecule has 1 aliphatic heterocycles. The first-order valence-electron chi connectivity index (χ1n) is 10.8. The van der Waals surface area contributed by atoms with Gasteiger partial charge in [-0.15, -0.1) is 0 Å². The number of halogens is 2. The lowest BCUT2D eigenvalue weighted by molar-refractivity contribution is 0.103. The molecule has 2 aromatic carbocycles. The summed E-state index contributed by atoms with van der Waals surface area (Å²) in [7, 11) is -1.77. The topological polar surface area (TPSA) is 64.4 Å². The van der Waals surface area contributed by atoms with Gasteiger partial charge in [0.05, 0.1) is 23.8 Å². The molecule has 0 N–H and O–H groups in total. The van der Waals surface area contributed by atoms with Gasteiger partial charge in [0.15, 0.2) is 0 Å². The van der Waals surface area contributed by atoms with Crippen molar-refractivity contribution in [2.75, 3.05) is 6.54 Å². The first-order chi connectivity index (χ1) is 15.7. The van der Waals surface area contributed by atoms with E-state index in [1.807, 2.05) is 19.2 Å². The minimum absolute atomic E-state index is 0.202. The van der Waals surface area contributed by atoms with E-state index in [-0.39, 0.29) is 19.8 Å². The van der Waals surface area contributed by atoms with Crippen molar-refractivity contribution in [3.63, 3.8) is 0 Å². The van der Waals surface area contributed by atoms with Crippen LogP contribution in [-0.4, -0.2) is 29.0 Å². The Balaban J connectivity index is 1.50. The third kappa shape index (κ3) is 4.99. The molecule has 0 atom stereocenters. The summed E-state index contributed by atoms with van der Waals surface area (Å²) in [6, 6.07) is 11.3. The minimum Gasteiger partial charge on any atom is -0.370 e. The number of benzene rings is 2. The summed E-state index contributed by atoms with van der Waals surface area (Å²) in [5, 5.41) is 4.86. The van der Waals surface area contributed by atoms with Gasteiger partial charge in [0.25, 0.3) is 0 Å². The lowest BCUT2D eigenvalue weighted by Gasteiger charge is -2.27. The maximum absolute atomic E-state index is 13.3. The molecule has 0 amide bonds. The van der Waals surface area contributed by atoms with Crippen molar-refractivity contribution in [2.45, 2.75) is 50.8 Å². The van der Waals surface area contributed by atoms with Crippen molar-refractivity contribution in [1.82, 2.24) is 14.1 Å². The van der Waals surface area contributed by atoms with Crippen LogP contribution in [-0.2, 0) is 48.0 Å². The minimum atomic E-state index is -3.63. The van der Waals surface area contributed by atoms with E-state index in [4.69, 9.17) is 16.3 Å². The van der Waals surface area contributed by atoms with Crippen LogP contribution in [0.1, 0.15) is 47.8 Å². The van der Waals surface area contributed by atoms with Crippen LogP contribution in [0.15, 0.2) is 47.4 Å². The third-order valence-corrected chi connectivity index (χ3v) is 8.20. The largest absolute Gasteiger partial charge is 0.370 e. The summed E-state index contributed by atoms with van der Waals surface area (Å²) >= 11 is 6.07. The van der Waals surface area contributed by atoms with E-state index in [2.05, 4.69) is 18.9 Å². The molecule has 2 heterocycles. The molecule has 176 valence electrons. The fourth-order valence-electron chi connectivity index (χ4n) is 4.04. The highest BCUT2D eigenvalue weighted by molar-refractivity contribution is 7.89. The number of aryl methyl sites for hydroxylation is 1. The molecule has 4 rings (SSSR count). The Morgan fingerprint density at radius 3 is 2.55 bits per heavy atom. The molecule has 0 saturated carbocycles. The third-order valence-electron chi connectivity index (χ3n) is 5.99. The fourth-order valence-corrected chi connectivity index (χ4v) is 5.67. The van der Waals surface area contributed by atoms with Gasteiger partial charge in [0.1, 0.15) is 5.82 Å². The number of aromatic nitrogens is 2. The zero-order valence-electron chi connectivity index (χ0n) is 18.9. The quantitative estimate of drug-likeness (QED) is 0.476. The molecule has 0 radical (unpaired) electrons. The standard InChI is InChI=1S/C24H27ClFN3O3S/c1-16(2)17-5-8-20(9-6-17)33(30,31)29-11-10-24-21(13-29)23(27-28(24)3)15-32-14-18-4-7-19(26)12-22(18)25/h4-9,12,16H,10-11,13-15H2,1-3H3. The van der Waals surface area contributed by atoms with Gasteiger partial charge in [-0.2, -0.15) is 9.40 Å². The van der Waals surface area contributed by atoms with Crippen molar-refractivity contribution < 1.29 is 17.5 Å². The molecule has 1 aromatic heterocycles. The summed E-state index contributed by atoms with van der Waals surface area (Å²) in [5.74, 6) is -0.0651. The average Bonchev–Trinajstić information content (AvgIpc) is 3.10. The Kier molecular flexibility index (Phi) is 6.91. The van der Waals surface area contributed by atoms with Gasteiger partial charge in [-0.25, -0.2) is 12.8 Å². The predicted octanol–water partition coefficient (Wildman–Crippen LogP) is 4.80. The van der Waals surface area contributed by atoms with Gasteiger partial charge >= 0.3 is 0 Å². The second kappa shape index (κ2) is 9.54. The second-order valence-corrected chi connectivity index (χ2v) is 10.9. The Morgan fingerprint density at radius 2 is 1.88 bits per heavy atom. The van der Waals surface area contributed by atoms with E-state index in [1.54, 1.807) is 22.9 Å². The summed E-state index contributed by atoms with van der Waals surface area (Å²) in [5.41, 5.74) is 4.35. The number of hydrogen-bond acceptors (Lipinski definition) is 4. The summed E-state index contributed by atoms with van der Waals surface area (Å²) < 4.78 is 48.9. The van der Waals surface area contributed by atoms with Crippen molar-refractivity contribution in [3.8, 4) is 0 Å². The highest BCUT2D eigenvalue weighted by atomic mass is 35.5. The van der Waals surface area contributed by atoms with Crippen LogP contribution in [0.3, 0.4) is 0 Å². The van der Waals surface area contributed by atoms with Crippen LogP contribution in [0, 0.1) is 5.82 Å². The van der Waals surface area contributed by atoms with Crippen LogP contribution < -0.4 is 0 Å². The molecule has 0 bridgehead atoms. The number of nitrogens with zero attached hydrogens (tertiary/aromatic N) is 3. The first kappa shape index (κ1) is 23.9. The lowest BCUT2D eigenvalue weighted by Crippen LogP contribution is -2.36. The summed E-state index contributed by atoms with van der Waals surface area (Å²) in [6.07, 6.45) is 0.575. The van der Waals surface area contributed by atoms with Crippen LogP contribution in [0.5, 0.6) is 0 Å². The molecule has 0 fully saturated rings. The summed E-state index contributed by atoms with van der Waals surface area (Å²) in [4.78, 5) is 0.294. The smallest absolute Gasteiger partial charge is 0.243 e. The fraction of sp³-hybridized carbons (Fsp3) is 0.375. The number of ether oxygens (including phenoxy) is 1. The Labute approximate surface area is 199 Å². The Bertz CT molecular complexity index is 1260. The van der Waals surface area contributed by atoms with Crippen molar-refractivity contribution >= 4 is 21.6 Å². The molecule has 0 unspecified atom stereocenters. The zero-order valence-corrected chi connectivity index (χ0v) is 20.5. The maximum Gasteiger partial charge on any atom is 0.243 e. The SMILES string of the molecule is CC(C)c1ccc(S(=O)(=O)N2CCc3c(c(COCc4ccc(F)cc4Cl)nn3C)C2)cc1. The van der Waals surface area contributed by atoms with Crippen molar-refractivity contribution in [3.05, 3.63) is 81.4 Å². The zero-order chi connectivity index (χ0) is 23.8. The maximum atomic E-state index is 13.3. The lowest BCUT2D eigenvalue weighted by atomic mass is 10.0. The summed E-state index contributed by atoms with van der Waals surface area (Å²) in [6.45, 7) is 5.19. The molecule has 3 aromatic rings. The molecular formula is C24H27ClFN3O3S. The predicted molar refractivity (Wildman–Crippen MR) is 125 cm³/mol. The van der Waals surface area contributed by atoms with E-state index in [0.717, 1.165) is 16.8 Å². The second-order valence-electron chi connectivity index (χ2n) is 8.54. The van der Waals surface area contributed by atoms with Crippen LogP contribution >= 0.6 is 11.6 Å². The number of rotatable bonds is 7. The van der Waals surface area contributed by atoms with E-state index in [1.165, 1.54) is 16.4 Å². The highest BCUT2D eigenvalue weighted by Crippen LogP contribution is 2.28. The van der Waals surface area contributed by atoms with Crippen molar-refractivity contribution in [2.24, 2.45) is 7.05 Å². The Hall–Kier alpha value is -2.26. The van der Waals surface area contributed by atoms with Gasteiger partial charge in [-0.1, -0.05) is 43.6 Å². The number of hydrogen-bond donors (Lipinski definition) is 0. The number of sulfonamides is 1. The van der Waals surface area contributed by atoms with E-state index in [9.17, 15) is 12.8 Å². The highest BCUT2D eigenvalue weighted by Gasteiger charge is 2.32. The van der Waals surface area contributed by atoms with Crippen LogP contribution in [0.4, 0.5) is 4.39 Å². The molecular weight excluding hydrogens is 465 g/mol. The Morgan fingerprint density at radius 1 is 1.15 bits per heavy atom. The van der Waals surface area contributed by atoms with Gasteiger partial charge < -0.3 is 4.74 Å². The molecule has 0 aliphatic carbocycles. The monoisotopic (exact) mass is 491 g/mol. The van der Waals surface area contributed by atoms with Crippen LogP contribution in [0.2, 0.25) is 5.02 Å². The van der Waals surface area contributed by atoms with Gasteiger partial charge in [-0.3, -0.25) is 4.68 Å². The van der Waals surface area contributed by atoms with Gasteiger partial charge in [0, 0.05) is 42.8 Å². The molecule has 9 heteroatoms. The molecule has 33 heavy (non-hydrogen) atoms.